The summed E-state index contributed by atoms with van der Waals surface area (Å²) in [6.45, 7) is 2.55. The van der Waals surface area contributed by atoms with Gasteiger partial charge in [0.15, 0.2) is 0 Å². The van der Waals surface area contributed by atoms with E-state index in [0.29, 0.717) is 16.9 Å². The fourth-order valence-electron chi connectivity index (χ4n) is 6.52. The molecular weight excluding hydrogens is 276 g/mol. The molecule has 0 spiro atoms. The Morgan fingerprint density at radius 1 is 1.33 bits per heavy atom. The maximum atomic E-state index is 6.03. The number of nitrogens with two attached hydrogens (primary N) is 1. The standard InChI is InChI=1S/C18H28N2S/c1-17-7-14-6-15(8-17)10-18(9-14,12-17)16(20-19)3-2-13-4-5-21-11-13/h4-5,11,14-16,20H,2-3,6-10,12,19H2,1H3. The molecule has 1 aromatic heterocycles. The maximum Gasteiger partial charge on any atom is 0.0270 e. The minimum Gasteiger partial charge on any atom is -0.271 e. The normalized spacial score (nSPS) is 42.4. The summed E-state index contributed by atoms with van der Waals surface area (Å²) in [5, 5.41) is 4.47. The summed E-state index contributed by atoms with van der Waals surface area (Å²) in [7, 11) is 0. The van der Waals surface area contributed by atoms with Crippen molar-refractivity contribution in [2.75, 3.05) is 0 Å². The second-order valence-electron chi connectivity index (χ2n) is 8.52. The molecule has 5 rings (SSSR count). The lowest BCUT2D eigenvalue weighted by atomic mass is 9.43. The molecule has 1 aromatic rings. The highest BCUT2D eigenvalue weighted by Gasteiger charge is 2.57. The summed E-state index contributed by atoms with van der Waals surface area (Å²) < 4.78 is 0. The van der Waals surface area contributed by atoms with Crippen LogP contribution in [-0.2, 0) is 6.42 Å². The third kappa shape index (κ3) is 2.47. The van der Waals surface area contributed by atoms with Crippen LogP contribution in [0.15, 0.2) is 16.8 Å². The predicted molar refractivity (Wildman–Crippen MR) is 89.0 cm³/mol. The largest absolute Gasteiger partial charge is 0.271 e. The quantitative estimate of drug-likeness (QED) is 0.634. The molecule has 4 aliphatic rings. The molecule has 0 radical (unpaired) electrons. The molecule has 0 aromatic carbocycles. The second kappa shape index (κ2) is 5.07. The van der Waals surface area contributed by atoms with Crippen LogP contribution in [0.1, 0.15) is 57.4 Å². The average Bonchev–Trinajstić information content (AvgIpc) is 2.89. The van der Waals surface area contributed by atoms with Crippen LogP contribution in [-0.4, -0.2) is 6.04 Å². The summed E-state index contributed by atoms with van der Waals surface area (Å²) in [4.78, 5) is 0. The summed E-state index contributed by atoms with van der Waals surface area (Å²) in [5.74, 6) is 7.99. The lowest BCUT2D eigenvalue weighted by Crippen LogP contribution is -2.59. The summed E-state index contributed by atoms with van der Waals surface area (Å²) in [5.41, 5.74) is 5.83. The van der Waals surface area contributed by atoms with Gasteiger partial charge in [0.1, 0.15) is 0 Å². The molecule has 2 nitrogen and oxygen atoms in total. The van der Waals surface area contributed by atoms with Crippen LogP contribution in [0.25, 0.3) is 0 Å². The van der Waals surface area contributed by atoms with Gasteiger partial charge in [0, 0.05) is 6.04 Å². The Morgan fingerprint density at radius 3 is 2.67 bits per heavy atom. The number of aryl methyl sites for hydroxylation is 1. The zero-order chi connectivity index (χ0) is 14.5. The molecule has 0 aliphatic heterocycles. The van der Waals surface area contributed by atoms with Crippen LogP contribution < -0.4 is 11.3 Å². The maximum absolute atomic E-state index is 6.03. The Morgan fingerprint density at radius 2 is 2.10 bits per heavy atom. The molecule has 3 unspecified atom stereocenters. The first-order chi connectivity index (χ1) is 10.1. The van der Waals surface area contributed by atoms with Crippen LogP contribution in [0.3, 0.4) is 0 Å². The van der Waals surface area contributed by atoms with Crippen molar-refractivity contribution in [1.29, 1.82) is 0 Å². The van der Waals surface area contributed by atoms with Gasteiger partial charge in [-0.2, -0.15) is 11.3 Å². The SMILES string of the molecule is CC12CC3CC(C1)CC(C(CCc1ccsc1)NN)(C3)C2. The Kier molecular flexibility index (Phi) is 3.44. The summed E-state index contributed by atoms with van der Waals surface area (Å²) in [6.07, 6.45) is 11.1. The molecule has 3 atom stereocenters. The molecule has 0 amide bonds. The lowest BCUT2D eigenvalue weighted by Gasteiger charge is -2.63. The predicted octanol–water partition coefficient (Wildman–Crippen LogP) is 4.12. The van der Waals surface area contributed by atoms with E-state index in [1.54, 1.807) is 11.3 Å². The molecule has 1 heterocycles. The minimum absolute atomic E-state index is 0.490. The van der Waals surface area contributed by atoms with Gasteiger partial charge in [-0.25, -0.2) is 0 Å². The third-order valence-corrected chi connectivity index (χ3v) is 7.37. The van der Waals surface area contributed by atoms with Gasteiger partial charge >= 0.3 is 0 Å². The van der Waals surface area contributed by atoms with E-state index in [-0.39, 0.29) is 0 Å². The van der Waals surface area contributed by atoms with Gasteiger partial charge in [0.25, 0.3) is 0 Å². The van der Waals surface area contributed by atoms with E-state index in [4.69, 9.17) is 5.84 Å². The van der Waals surface area contributed by atoms with Crippen LogP contribution >= 0.6 is 11.3 Å². The Bertz CT molecular complexity index is 481. The van der Waals surface area contributed by atoms with E-state index in [0.717, 1.165) is 11.8 Å². The van der Waals surface area contributed by atoms with Gasteiger partial charge < -0.3 is 0 Å². The number of thiophene rings is 1. The average molecular weight is 305 g/mol. The van der Waals surface area contributed by atoms with Gasteiger partial charge in [0.05, 0.1) is 0 Å². The van der Waals surface area contributed by atoms with E-state index >= 15 is 0 Å². The van der Waals surface area contributed by atoms with E-state index in [1.165, 1.54) is 56.9 Å². The van der Waals surface area contributed by atoms with Gasteiger partial charge in [-0.3, -0.25) is 11.3 Å². The van der Waals surface area contributed by atoms with Gasteiger partial charge in [0.2, 0.25) is 0 Å². The van der Waals surface area contributed by atoms with Crippen molar-refractivity contribution in [2.45, 2.75) is 64.3 Å². The fourth-order valence-corrected chi connectivity index (χ4v) is 7.22. The topological polar surface area (TPSA) is 38.0 Å². The van der Waals surface area contributed by atoms with Gasteiger partial charge in [-0.15, -0.1) is 0 Å². The van der Waals surface area contributed by atoms with E-state index in [1.807, 2.05) is 0 Å². The Balaban J connectivity index is 1.52. The smallest absolute Gasteiger partial charge is 0.0270 e. The number of hydrogen-bond donors (Lipinski definition) is 2. The van der Waals surface area contributed by atoms with Crippen LogP contribution in [0.4, 0.5) is 0 Å². The number of hydrazine groups is 1. The van der Waals surface area contributed by atoms with Crippen molar-refractivity contribution in [3.05, 3.63) is 22.4 Å². The molecule has 3 heteroatoms. The van der Waals surface area contributed by atoms with Crippen LogP contribution in [0, 0.1) is 22.7 Å². The number of nitrogens with one attached hydrogen (secondary N) is 1. The highest BCUT2D eigenvalue weighted by Crippen LogP contribution is 2.66. The molecule has 21 heavy (non-hydrogen) atoms. The van der Waals surface area contributed by atoms with Crippen LogP contribution in [0.2, 0.25) is 0 Å². The highest BCUT2D eigenvalue weighted by molar-refractivity contribution is 7.07. The van der Waals surface area contributed by atoms with Crippen molar-refractivity contribution in [2.24, 2.45) is 28.5 Å². The Hall–Kier alpha value is -0.380. The molecule has 4 fully saturated rings. The monoisotopic (exact) mass is 304 g/mol. The fraction of sp³-hybridized carbons (Fsp3) is 0.778. The van der Waals surface area contributed by atoms with Crippen molar-refractivity contribution in [3.63, 3.8) is 0 Å². The van der Waals surface area contributed by atoms with Gasteiger partial charge in [-0.05, 0) is 96.4 Å². The summed E-state index contributed by atoms with van der Waals surface area (Å²) in [6, 6.07) is 2.77. The second-order valence-corrected chi connectivity index (χ2v) is 9.30. The van der Waals surface area contributed by atoms with E-state index in [2.05, 4.69) is 29.2 Å². The first kappa shape index (κ1) is 14.2. The van der Waals surface area contributed by atoms with Crippen molar-refractivity contribution in [1.82, 2.24) is 5.43 Å². The molecular formula is C18H28N2S. The lowest BCUT2D eigenvalue weighted by molar-refractivity contribution is -0.119. The number of rotatable bonds is 5. The number of hydrogen-bond acceptors (Lipinski definition) is 3. The first-order valence-corrected chi connectivity index (χ1v) is 9.52. The highest BCUT2D eigenvalue weighted by atomic mass is 32.1. The zero-order valence-corrected chi connectivity index (χ0v) is 13.9. The van der Waals surface area contributed by atoms with E-state index in [9.17, 15) is 0 Å². The van der Waals surface area contributed by atoms with Gasteiger partial charge in [-0.1, -0.05) is 6.92 Å². The first-order valence-electron chi connectivity index (χ1n) is 8.58. The molecule has 3 N–H and O–H groups in total. The molecule has 4 bridgehead atoms. The van der Waals surface area contributed by atoms with Crippen molar-refractivity contribution < 1.29 is 0 Å². The van der Waals surface area contributed by atoms with Crippen molar-refractivity contribution >= 4 is 11.3 Å². The molecule has 4 aliphatic carbocycles. The molecule has 116 valence electrons. The Labute approximate surface area is 132 Å². The summed E-state index contributed by atoms with van der Waals surface area (Å²) >= 11 is 1.81. The minimum atomic E-state index is 0.490. The zero-order valence-electron chi connectivity index (χ0n) is 13.1. The van der Waals surface area contributed by atoms with E-state index < -0.39 is 0 Å². The van der Waals surface area contributed by atoms with Crippen molar-refractivity contribution in [3.8, 4) is 0 Å². The van der Waals surface area contributed by atoms with Crippen LogP contribution in [0.5, 0.6) is 0 Å². The molecule has 0 saturated heterocycles. The molecule has 4 saturated carbocycles. The third-order valence-electron chi connectivity index (χ3n) is 6.64.